The van der Waals surface area contributed by atoms with Crippen LogP contribution in [0.5, 0.6) is 5.75 Å². The van der Waals surface area contributed by atoms with Crippen LogP contribution in [0.15, 0.2) is 24.3 Å². The monoisotopic (exact) mass is 312 g/mol. The molecular weight excluding hydrogens is 288 g/mol. The molecule has 1 aliphatic heterocycles. The molecule has 0 aliphatic carbocycles. The topological polar surface area (TPSA) is 47.3 Å². The van der Waals surface area contributed by atoms with Gasteiger partial charge in [0.25, 0.3) is 0 Å². The van der Waals surface area contributed by atoms with Crippen LogP contribution in [0.25, 0.3) is 0 Å². The lowest BCUT2D eigenvalue weighted by Gasteiger charge is -2.34. The van der Waals surface area contributed by atoms with Gasteiger partial charge in [0.2, 0.25) is 0 Å². The van der Waals surface area contributed by atoms with Crippen molar-refractivity contribution in [2.45, 2.75) is 43.4 Å². The smallest absolute Gasteiger partial charge is 0.120 e. The second-order valence-electron chi connectivity index (χ2n) is 5.29. The Bertz CT molecular complexity index is 428. The van der Waals surface area contributed by atoms with Gasteiger partial charge in [0.1, 0.15) is 5.75 Å². The van der Waals surface area contributed by atoms with E-state index in [1.807, 2.05) is 49.5 Å². The van der Waals surface area contributed by atoms with Gasteiger partial charge >= 0.3 is 0 Å². The third kappa shape index (κ3) is 4.07. The summed E-state index contributed by atoms with van der Waals surface area (Å²) in [7, 11) is 0. The summed E-state index contributed by atoms with van der Waals surface area (Å²) in [5.41, 5.74) is 4.22. The molecule has 2 rings (SSSR count). The molecule has 1 aromatic carbocycles. The fraction of sp³-hybridized carbons (Fsp3) is 0.600. The molecule has 20 heavy (non-hydrogen) atoms. The lowest BCUT2D eigenvalue weighted by atomic mass is 10.0. The van der Waals surface area contributed by atoms with Crippen molar-refractivity contribution in [3.63, 3.8) is 0 Å². The molecule has 3 atom stereocenters. The van der Waals surface area contributed by atoms with Gasteiger partial charge in [-0.05, 0) is 31.5 Å². The van der Waals surface area contributed by atoms with Crippen molar-refractivity contribution in [3.05, 3.63) is 29.8 Å². The third-order valence-electron chi connectivity index (χ3n) is 3.33. The quantitative estimate of drug-likeness (QED) is 0.646. The Labute approximate surface area is 130 Å². The number of thioether (sulfide) groups is 2. The highest BCUT2D eigenvalue weighted by atomic mass is 32.2. The van der Waals surface area contributed by atoms with Crippen LogP contribution in [0.1, 0.15) is 32.4 Å². The van der Waals surface area contributed by atoms with Gasteiger partial charge in [-0.25, -0.2) is 0 Å². The van der Waals surface area contributed by atoms with Gasteiger partial charge in [-0.2, -0.15) is 23.5 Å². The van der Waals surface area contributed by atoms with Crippen molar-refractivity contribution in [2.75, 3.05) is 11.5 Å². The number of hydrazine groups is 1. The average Bonchev–Trinajstić information content (AvgIpc) is 2.41. The minimum Gasteiger partial charge on any atom is -0.491 e. The molecule has 0 amide bonds. The second kappa shape index (κ2) is 7.59. The van der Waals surface area contributed by atoms with Crippen molar-refractivity contribution >= 4 is 23.5 Å². The van der Waals surface area contributed by atoms with Gasteiger partial charge in [-0.15, -0.1) is 0 Å². The summed E-state index contributed by atoms with van der Waals surface area (Å²) < 4.78 is 5.78. The van der Waals surface area contributed by atoms with Crippen LogP contribution in [-0.4, -0.2) is 28.1 Å². The van der Waals surface area contributed by atoms with Crippen molar-refractivity contribution < 1.29 is 4.74 Å². The van der Waals surface area contributed by atoms with E-state index in [-0.39, 0.29) is 12.1 Å². The van der Waals surface area contributed by atoms with E-state index in [4.69, 9.17) is 10.6 Å². The summed E-state index contributed by atoms with van der Waals surface area (Å²) in [5, 5.41) is 1.09. The van der Waals surface area contributed by atoms with Gasteiger partial charge in [0.05, 0.1) is 12.1 Å². The predicted molar refractivity (Wildman–Crippen MR) is 90.4 cm³/mol. The SMILES string of the molecule is CC(C)Oc1cccc(C(NN)C2SCCSC2C)c1. The van der Waals surface area contributed by atoms with Gasteiger partial charge in [-0.3, -0.25) is 11.3 Å². The zero-order valence-electron chi connectivity index (χ0n) is 12.3. The van der Waals surface area contributed by atoms with Crippen LogP contribution in [0.3, 0.4) is 0 Å². The Morgan fingerprint density at radius 3 is 2.70 bits per heavy atom. The number of hydrogen-bond acceptors (Lipinski definition) is 5. The first kappa shape index (κ1) is 16.0. The Morgan fingerprint density at radius 1 is 1.30 bits per heavy atom. The Balaban J connectivity index is 2.18. The molecule has 1 aliphatic rings. The van der Waals surface area contributed by atoms with E-state index in [0.29, 0.717) is 10.5 Å². The largest absolute Gasteiger partial charge is 0.491 e. The average molecular weight is 313 g/mol. The molecular formula is C15H24N2OS2. The number of rotatable bonds is 5. The summed E-state index contributed by atoms with van der Waals surface area (Å²) in [6.45, 7) is 6.38. The van der Waals surface area contributed by atoms with Crippen LogP contribution >= 0.6 is 23.5 Å². The van der Waals surface area contributed by atoms with Gasteiger partial charge in [-0.1, -0.05) is 19.1 Å². The lowest BCUT2D eigenvalue weighted by Crippen LogP contribution is -2.40. The Hall–Kier alpha value is -0.360. The van der Waals surface area contributed by atoms with E-state index in [9.17, 15) is 0 Å². The third-order valence-corrected chi connectivity index (χ3v) is 6.53. The molecule has 0 radical (unpaired) electrons. The first-order valence-electron chi connectivity index (χ1n) is 7.07. The highest BCUT2D eigenvalue weighted by Gasteiger charge is 2.31. The maximum atomic E-state index is 5.84. The number of ether oxygens (including phenoxy) is 1. The lowest BCUT2D eigenvalue weighted by molar-refractivity contribution is 0.242. The number of nitrogens with one attached hydrogen (secondary N) is 1. The summed E-state index contributed by atoms with van der Waals surface area (Å²) in [6.07, 6.45) is 0.188. The van der Waals surface area contributed by atoms with Crippen LogP contribution < -0.4 is 16.0 Å². The molecule has 1 aromatic rings. The molecule has 0 bridgehead atoms. The van der Waals surface area contributed by atoms with E-state index in [1.54, 1.807) is 0 Å². The zero-order valence-corrected chi connectivity index (χ0v) is 14.0. The molecule has 5 heteroatoms. The molecule has 0 saturated carbocycles. The molecule has 0 aromatic heterocycles. The molecule has 112 valence electrons. The highest BCUT2D eigenvalue weighted by Crippen LogP contribution is 2.38. The zero-order chi connectivity index (χ0) is 14.5. The van der Waals surface area contributed by atoms with Gasteiger partial charge < -0.3 is 4.74 Å². The summed E-state index contributed by atoms with van der Waals surface area (Å²) in [4.78, 5) is 0. The van der Waals surface area contributed by atoms with E-state index >= 15 is 0 Å². The fourth-order valence-electron chi connectivity index (χ4n) is 2.45. The van der Waals surface area contributed by atoms with E-state index < -0.39 is 0 Å². The predicted octanol–water partition coefficient (Wildman–Crippen LogP) is 3.22. The second-order valence-corrected chi connectivity index (χ2v) is 8.07. The van der Waals surface area contributed by atoms with E-state index in [2.05, 4.69) is 24.5 Å². The van der Waals surface area contributed by atoms with Crippen LogP contribution in [-0.2, 0) is 0 Å². The van der Waals surface area contributed by atoms with Crippen molar-refractivity contribution in [1.29, 1.82) is 0 Å². The molecule has 3 N–H and O–H groups in total. The molecule has 1 fully saturated rings. The first-order valence-corrected chi connectivity index (χ1v) is 9.17. The van der Waals surface area contributed by atoms with Gasteiger partial charge in [0.15, 0.2) is 0 Å². The summed E-state index contributed by atoms with van der Waals surface area (Å²) in [5.74, 6) is 9.18. The fourth-order valence-corrected chi connectivity index (χ4v) is 5.38. The summed E-state index contributed by atoms with van der Waals surface area (Å²) in [6, 6.07) is 8.45. The minimum absolute atomic E-state index is 0.165. The normalized spacial score (nSPS) is 24.6. The van der Waals surface area contributed by atoms with Crippen molar-refractivity contribution in [3.8, 4) is 5.75 Å². The van der Waals surface area contributed by atoms with Crippen molar-refractivity contribution in [1.82, 2.24) is 5.43 Å². The highest BCUT2D eigenvalue weighted by molar-refractivity contribution is 8.07. The molecule has 1 saturated heterocycles. The van der Waals surface area contributed by atoms with E-state index in [1.165, 1.54) is 17.1 Å². The van der Waals surface area contributed by atoms with Crippen LogP contribution in [0.2, 0.25) is 0 Å². The minimum atomic E-state index is 0.165. The Morgan fingerprint density at radius 2 is 2.05 bits per heavy atom. The maximum Gasteiger partial charge on any atom is 0.120 e. The van der Waals surface area contributed by atoms with Crippen molar-refractivity contribution in [2.24, 2.45) is 5.84 Å². The molecule has 0 spiro atoms. The number of nitrogens with two attached hydrogens (primary N) is 1. The molecule has 3 unspecified atom stereocenters. The number of benzene rings is 1. The van der Waals surface area contributed by atoms with Crippen LogP contribution in [0.4, 0.5) is 0 Å². The molecule has 1 heterocycles. The maximum absolute atomic E-state index is 5.84. The first-order chi connectivity index (χ1) is 9.61. The Kier molecular flexibility index (Phi) is 6.08. The summed E-state index contributed by atoms with van der Waals surface area (Å²) >= 11 is 4.05. The van der Waals surface area contributed by atoms with Crippen LogP contribution in [0, 0.1) is 0 Å². The van der Waals surface area contributed by atoms with E-state index in [0.717, 1.165) is 5.75 Å². The number of hydrogen-bond donors (Lipinski definition) is 2. The standard InChI is InChI=1S/C15H24N2OS2/c1-10(2)18-13-6-4-5-12(9-13)14(17-16)15-11(3)19-7-8-20-15/h4-6,9-11,14-15,17H,7-8,16H2,1-3H3. The molecule has 3 nitrogen and oxygen atoms in total. The van der Waals surface area contributed by atoms with Gasteiger partial charge in [0, 0.05) is 22.0 Å².